The highest BCUT2D eigenvalue weighted by molar-refractivity contribution is 5.94. The van der Waals surface area contributed by atoms with Gasteiger partial charge in [-0.05, 0) is 42.0 Å². The number of aromatic amines is 1. The van der Waals surface area contributed by atoms with Crippen LogP contribution in [-0.4, -0.2) is 39.5 Å². The van der Waals surface area contributed by atoms with Crippen LogP contribution < -0.4 is 10.6 Å². The van der Waals surface area contributed by atoms with E-state index in [-0.39, 0.29) is 30.7 Å². The molecule has 2 unspecified atom stereocenters. The summed E-state index contributed by atoms with van der Waals surface area (Å²) in [7, 11) is 0. The molecule has 4 rings (SSSR count). The number of carboxylic acids is 1. The van der Waals surface area contributed by atoms with E-state index in [1.165, 1.54) is 12.1 Å². The monoisotopic (exact) mass is 479 g/mol. The van der Waals surface area contributed by atoms with Gasteiger partial charge in [0.1, 0.15) is 17.4 Å². The first-order valence-electron chi connectivity index (χ1n) is 11.9. The standard InChI is InChI=1S/C27H30FN3O4/c1-3-16(2)24(30-23(32)14-17-8-4-6-10-20(17)28)25(33)31-27(26(34)35)13-12-22-19(15-27)18-9-5-7-11-21(18)29-22/h4-11,16,24,29H,3,12-15H2,1-2H3,(H,30,32)(H,31,33)(H,34,35)/t16?,24-,27?/m0/s1. The molecule has 0 spiro atoms. The van der Waals surface area contributed by atoms with Crippen molar-refractivity contribution in [3.05, 3.63) is 71.2 Å². The van der Waals surface area contributed by atoms with Crippen LogP contribution in [-0.2, 0) is 33.6 Å². The lowest BCUT2D eigenvalue weighted by molar-refractivity contribution is -0.149. The fraction of sp³-hybridized carbons (Fsp3) is 0.370. The van der Waals surface area contributed by atoms with Crippen molar-refractivity contribution in [1.29, 1.82) is 0 Å². The van der Waals surface area contributed by atoms with Gasteiger partial charge in [0.2, 0.25) is 11.8 Å². The average Bonchev–Trinajstić information content (AvgIpc) is 3.21. The van der Waals surface area contributed by atoms with Gasteiger partial charge in [0, 0.05) is 23.0 Å². The molecule has 7 nitrogen and oxygen atoms in total. The molecule has 184 valence electrons. The second kappa shape index (κ2) is 9.90. The molecule has 0 radical (unpaired) electrons. The van der Waals surface area contributed by atoms with Crippen molar-refractivity contribution >= 4 is 28.7 Å². The highest BCUT2D eigenvalue weighted by atomic mass is 19.1. The van der Waals surface area contributed by atoms with Crippen LogP contribution in [0.25, 0.3) is 10.9 Å². The van der Waals surface area contributed by atoms with Crippen LogP contribution in [0.4, 0.5) is 4.39 Å². The van der Waals surface area contributed by atoms with Crippen LogP contribution in [0.1, 0.15) is 43.5 Å². The topological polar surface area (TPSA) is 111 Å². The Balaban J connectivity index is 1.55. The molecule has 4 N–H and O–H groups in total. The summed E-state index contributed by atoms with van der Waals surface area (Å²) in [5.74, 6) is -2.90. The maximum absolute atomic E-state index is 14.0. The second-order valence-corrected chi connectivity index (χ2v) is 9.38. The molecule has 2 amide bonds. The molecule has 8 heteroatoms. The second-order valence-electron chi connectivity index (χ2n) is 9.38. The number of amides is 2. The molecular formula is C27H30FN3O4. The average molecular weight is 480 g/mol. The minimum atomic E-state index is -1.49. The summed E-state index contributed by atoms with van der Waals surface area (Å²) < 4.78 is 14.0. The van der Waals surface area contributed by atoms with Gasteiger partial charge >= 0.3 is 5.97 Å². The van der Waals surface area contributed by atoms with E-state index in [1.807, 2.05) is 38.1 Å². The largest absolute Gasteiger partial charge is 0.479 e. The summed E-state index contributed by atoms with van der Waals surface area (Å²) in [5, 5.41) is 16.6. The number of carboxylic acid groups (broad SMARTS) is 1. The molecule has 1 aromatic heterocycles. The molecule has 35 heavy (non-hydrogen) atoms. The van der Waals surface area contributed by atoms with Crippen LogP contribution in [0.3, 0.4) is 0 Å². The summed E-state index contributed by atoms with van der Waals surface area (Å²) in [6.07, 6.45) is 1.22. The highest BCUT2D eigenvalue weighted by Gasteiger charge is 2.45. The molecule has 0 aliphatic heterocycles. The SMILES string of the molecule is CCC(C)[C@H](NC(=O)Cc1ccccc1F)C(=O)NC1(C(=O)O)CCc2[nH]c3ccccc3c2C1. The molecule has 2 aromatic carbocycles. The van der Waals surface area contributed by atoms with Crippen LogP contribution in [0.2, 0.25) is 0 Å². The van der Waals surface area contributed by atoms with Crippen LogP contribution in [0, 0.1) is 11.7 Å². The Kier molecular flexibility index (Phi) is 6.91. The lowest BCUT2D eigenvalue weighted by atomic mass is 9.79. The summed E-state index contributed by atoms with van der Waals surface area (Å²) in [4.78, 5) is 42.0. The number of hydrogen-bond donors (Lipinski definition) is 4. The molecule has 3 atom stereocenters. The quantitative estimate of drug-likeness (QED) is 0.396. The summed E-state index contributed by atoms with van der Waals surface area (Å²) in [5.41, 5.74) is 1.54. The van der Waals surface area contributed by atoms with Crippen molar-refractivity contribution in [1.82, 2.24) is 15.6 Å². The molecule has 0 fully saturated rings. The molecule has 1 aliphatic rings. The molecular weight excluding hydrogens is 449 g/mol. The number of aryl methyl sites for hydroxylation is 1. The molecule has 0 saturated heterocycles. The predicted octanol–water partition coefficient (Wildman–Crippen LogP) is 3.51. The normalized spacial score (nSPS) is 18.9. The maximum Gasteiger partial charge on any atom is 0.329 e. The smallest absolute Gasteiger partial charge is 0.329 e. The summed E-state index contributed by atoms with van der Waals surface area (Å²) >= 11 is 0. The number of halogens is 1. The number of carbonyl (C=O) groups excluding carboxylic acids is 2. The Morgan fingerprint density at radius 1 is 1.14 bits per heavy atom. The van der Waals surface area contributed by atoms with E-state index in [4.69, 9.17) is 0 Å². The van der Waals surface area contributed by atoms with Crippen molar-refractivity contribution in [3.8, 4) is 0 Å². The van der Waals surface area contributed by atoms with E-state index in [0.717, 1.165) is 22.2 Å². The summed E-state index contributed by atoms with van der Waals surface area (Å²) in [6, 6.07) is 12.7. The first kappa shape index (κ1) is 24.4. The Labute approximate surface area is 203 Å². The van der Waals surface area contributed by atoms with Gasteiger partial charge < -0.3 is 20.7 Å². The molecule has 3 aromatic rings. The lowest BCUT2D eigenvalue weighted by Crippen LogP contribution is -2.62. The Morgan fingerprint density at radius 2 is 1.86 bits per heavy atom. The van der Waals surface area contributed by atoms with Crippen molar-refractivity contribution in [2.75, 3.05) is 0 Å². The van der Waals surface area contributed by atoms with Crippen LogP contribution in [0.5, 0.6) is 0 Å². The highest BCUT2D eigenvalue weighted by Crippen LogP contribution is 2.34. The third kappa shape index (κ3) is 4.92. The van der Waals surface area contributed by atoms with Gasteiger partial charge in [-0.1, -0.05) is 56.7 Å². The number of aliphatic carboxylic acids is 1. The number of benzene rings is 2. The van der Waals surface area contributed by atoms with Gasteiger partial charge in [-0.2, -0.15) is 0 Å². The predicted molar refractivity (Wildman–Crippen MR) is 130 cm³/mol. The minimum Gasteiger partial charge on any atom is -0.479 e. The zero-order valence-corrected chi connectivity index (χ0v) is 19.9. The lowest BCUT2D eigenvalue weighted by Gasteiger charge is -2.36. The van der Waals surface area contributed by atoms with E-state index in [9.17, 15) is 23.9 Å². The third-order valence-corrected chi connectivity index (χ3v) is 7.08. The van der Waals surface area contributed by atoms with Crippen molar-refractivity contribution < 1.29 is 23.9 Å². The Hall–Kier alpha value is -3.68. The van der Waals surface area contributed by atoms with Gasteiger partial charge in [-0.25, -0.2) is 9.18 Å². The fourth-order valence-electron chi connectivity index (χ4n) is 4.80. The Morgan fingerprint density at radius 3 is 2.57 bits per heavy atom. The van der Waals surface area contributed by atoms with E-state index >= 15 is 0 Å². The first-order chi connectivity index (χ1) is 16.7. The first-order valence-corrected chi connectivity index (χ1v) is 11.9. The van der Waals surface area contributed by atoms with Gasteiger partial charge in [0.05, 0.1) is 6.42 Å². The number of hydrogen-bond acceptors (Lipinski definition) is 3. The summed E-state index contributed by atoms with van der Waals surface area (Å²) in [6.45, 7) is 3.71. The van der Waals surface area contributed by atoms with Gasteiger partial charge in [0.15, 0.2) is 0 Å². The van der Waals surface area contributed by atoms with E-state index in [2.05, 4.69) is 15.6 Å². The molecule has 1 heterocycles. The zero-order chi connectivity index (χ0) is 25.2. The van der Waals surface area contributed by atoms with Crippen LogP contribution in [0.15, 0.2) is 48.5 Å². The number of rotatable bonds is 8. The van der Waals surface area contributed by atoms with Gasteiger partial charge in [-0.15, -0.1) is 0 Å². The van der Waals surface area contributed by atoms with Crippen LogP contribution >= 0.6 is 0 Å². The molecule has 0 saturated carbocycles. The third-order valence-electron chi connectivity index (χ3n) is 7.08. The van der Waals surface area contributed by atoms with E-state index in [0.29, 0.717) is 12.8 Å². The van der Waals surface area contributed by atoms with Crippen molar-refractivity contribution in [2.45, 2.75) is 57.5 Å². The number of fused-ring (bicyclic) bond motifs is 3. The van der Waals surface area contributed by atoms with Gasteiger partial charge in [-0.3, -0.25) is 9.59 Å². The number of para-hydroxylation sites is 1. The van der Waals surface area contributed by atoms with Crippen molar-refractivity contribution in [2.24, 2.45) is 5.92 Å². The number of aromatic nitrogens is 1. The minimum absolute atomic E-state index is 0.143. The fourth-order valence-corrected chi connectivity index (χ4v) is 4.80. The van der Waals surface area contributed by atoms with Gasteiger partial charge in [0.25, 0.3) is 0 Å². The van der Waals surface area contributed by atoms with E-state index in [1.54, 1.807) is 12.1 Å². The van der Waals surface area contributed by atoms with E-state index < -0.39 is 35.2 Å². The maximum atomic E-state index is 14.0. The number of nitrogens with one attached hydrogen (secondary N) is 3. The zero-order valence-electron chi connectivity index (χ0n) is 19.9. The Bertz CT molecular complexity index is 1270. The molecule has 0 bridgehead atoms. The number of H-pyrrole nitrogens is 1. The number of carbonyl (C=O) groups is 3. The van der Waals surface area contributed by atoms with Crippen molar-refractivity contribution in [3.63, 3.8) is 0 Å². The molecule has 1 aliphatic carbocycles.